The third-order valence-corrected chi connectivity index (χ3v) is 4.08. The number of ether oxygens (including phenoxy) is 1. The van der Waals surface area contributed by atoms with E-state index in [1.807, 2.05) is 30.5 Å². The van der Waals surface area contributed by atoms with Gasteiger partial charge < -0.3 is 9.64 Å². The Morgan fingerprint density at radius 1 is 1.33 bits per heavy atom. The van der Waals surface area contributed by atoms with Crippen molar-refractivity contribution in [2.24, 2.45) is 0 Å². The number of halogens is 2. The summed E-state index contributed by atoms with van der Waals surface area (Å²) < 4.78 is 6.62. The quantitative estimate of drug-likeness (QED) is 0.768. The second kappa shape index (κ2) is 5.14. The molecule has 0 radical (unpaired) electrons. The molecule has 0 N–H and O–H groups in total. The van der Waals surface area contributed by atoms with Gasteiger partial charge in [-0.05, 0) is 48.3 Å². The van der Waals surface area contributed by atoms with Gasteiger partial charge in [0.1, 0.15) is 0 Å². The lowest BCUT2D eigenvalue weighted by Gasteiger charge is -2.38. The molecule has 0 fully saturated rings. The Hall–Kier alpha value is -0.670. The Labute approximate surface area is 122 Å². The molecule has 1 aliphatic heterocycles. The molecule has 1 atom stereocenters. The molecule has 0 bridgehead atoms. The first kappa shape index (κ1) is 13.8. The molecule has 1 aromatic rings. The van der Waals surface area contributed by atoms with Crippen LogP contribution >= 0.6 is 27.5 Å². The molecule has 0 aromatic heterocycles. The van der Waals surface area contributed by atoms with Gasteiger partial charge in [0.2, 0.25) is 0 Å². The molecule has 0 aliphatic carbocycles. The molecule has 0 saturated carbocycles. The normalized spacial score (nSPS) is 19.7. The highest BCUT2D eigenvalue weighted by atomic mass is 79.9. The van der Waals surface area contributed by atoms with Crippen LogP contribution in [0.2, 0.25) is 5.02 Å². The van der Waals surface area contributed by atoms with E-state index in [1.165, 1.54) is 0 Å². The summed E-state index contributed by atoms with van der Waals surface area (Å²) in [6.07, 6.45) is 2.96. The van der Waals surface area contributed by atoms with Crippen LogP contribution < -0.4 is 0 Å². The molecule has 18 heavy (non-hydrogen) atoms. The minimum atomic E-state index is -0.0911. The molecule has 1 aromatic carbocycles. The van der Waals surface area contributed by atoms with Gasteiger partial charge in [0.05, 0.1) is 6.20 Å². The van der Waals surface area contributed by atoms with Crippen molar-refractivity contribution < 1.29 is 4.74 Å². The SMILES string of the molecule is CCC(C)(C)N1C=C(Br)OC1c1ccc(Cl)cc1. The van der Waals surface area contributed by atoms with Crippen LogP contribution in [0.5, 0.6) is 0 Å². The van der Waals surface area contributed by atoms with Crippen LogP contribution in [0, 0.1) is 0 Å². The van der Waals surface area contributed by atoms with Gasteiger partial charge in [0, 0.05) is 16.1 Å². The van der Waals surface area contributed by atoms with Crippen LogP contribution in [0.15, 0.2) is 35.1 Å². The Morgan fingerprint density at radius 3 is 2.50 bits per heavy atom. The number of nitrogens with zero attached hydrogens (tertiary/aromatic N) is 1. The number of rotatable bonds is 3. The zero-order valence-electron chi connectivity index (χ0n) is 10.8. The topological polar surface area (TPSA) is 12.5 Å². The van der Waals surface area contributed by atoms with Gasteiger partial charge in [-0.25, -0.2) is 0 Å². The highest BCUT2D eigenvalue weighted by molar-refractivity contribution is 9.11. The highest BCUT2D eigenvalue weighted by Gasteiger charge is 2.35. The largest absolute Gasteiger partial charge is 0.458 e. The standard InChI is InChI=1S/C14H17BrClNO/c1-4-14(2,3)17-9-12(15)18-13(17)10-5-7-11(16)8-6-10/h5-9,13H,4H2,1-3H3. The van der Waals surface area contributed by atoms with Crippen LogP contribution in [0.25, 0.3) is 0 Å². The second-order valence-electron chi connectivity index (χ2n) is 5.03. The fourth-order valence-corrected chi connectivity index (χ4v) is 2.43. The maximum atomic E-state index is 5.92. The van der Waals surface area contributed by atoms with E-state index in [4.69, 9.17) is 16.3 Å². The van der Waals surface area contributed by atoms with Gasteiger partial charge in [-0.2, -0.15) is 0 Å². The number of hydrogen-bond donors (Lipinski definition) is 0. The Balaban J connectivity index is 2.30. The third-order valence-electron chi connectivity index (χ3n) is 3.44. The van der Waals surface area contributed by atoms with E-state index in [1.54, 1.807) is 0 Å². The number of hydrogen-bond acceptors (Lipinski definition) is 2. The highest BCUT2D eigenvalue weighted by Crippen LogP contribution is 2.40. The van der Waals surface area contributed by atoms with Crippen molar-refractivity contribution in [2.45, 2.75) is 39.0 Å². The lowest BCUT2D eigenvalue weighted by Crippen LogP contribution is -2.40. The maximum absolute atomic E-state index is 5.92. The first-order chi connectivity index (χ1) is 8.44. The summed E-state index contributed by atoms with van der Waals surface area (Å²) in [6, 6.07) is 7.80. The van der Waals surface area contributed by atoms with Crippen molar-refractivity contribution in [1.82, 2.24) is 4.90 Å². The summed E-state index contributed by atoms with van der Waals surface area (Å²) in [5, 5.41) is 0.741. The summed E-state index contributed by atoms with van der Waals surface area (Å²) in [6.45, 7) is 6.60. The lowest BCUT2D eigenvalue weighted by atomic mass is 9.98. The maximum Gasteiger partial charge on any atom is 0.199 e. The van der Waals surface area contributed by atoms with Crippen LogP contribution in [0.1, 0.15) is 39.0 Å². The van der Waals surface area contributed by atoms with Gasteiger partial charge in [0.25, 0.3) is 0 Å². The zero-order chi connectivity index (χ0) is 13.3. The summed E-state index contributed by atoms with van der Waals surface area (Å²) >= 11 is 9.35. The van der Waals surface area contributed by atoms with Crippen molar-refractivity contribution in [1.29, 1.82) is 0 Å². The Bertz CT molecular complexity index is 455. The fraction of sp³-hybridized carbons (Fsp3) is 0.429. The van der Waals surface area contributed by atoms with Gasteiger partial charge >= 0.3 is 0 Å². The van der Waals surface area contributed by atoms with Gasteiger partial charge in [-0.15, -0.1) is 0 Å². The monoisotopic (exact) mass is 329 g/mol. The molecule has 1 aliphatic rings. The van der Waals surface area contributed by atoms with Gasteiger partial charge in [-0.1, -0.05) is 30.7 Å². The summed E-state index contributed by atoms with van der Waals surface area (Å²) in [7, 11) is 0. The van der Waals surface area contributed by atoms with Gasteiger partial charge in [-0.3, -0.25) is 0 Å². The van der Waals surface area contributed by atoms with Crippen molar-refractivity contribution in [3.05, 3.63) is 45.7 Å². The average molecular weight is 331 g/mol. The predicted molar refractivity (Wildman–Crippen MR) is 78.5 cm³/mol. The van der Waals surface area contributed by atoms with Crippen molar-refractivity contribution in [3.8, 4) is 0 Å². The third kappa shape index (κ3) is 2.67. The molecule has 98 valence electrons. The average Bonchev–Trinajstić information content (AvgIpc) is 2.73. The van der Waals surface area contributed by atoms with E-state index >= 15 is 0 Å². The zero-order valence-corrected chi connectivity index (χ0v) is 13.1. The Morgan fingerprint density at radius 2 is 1.94 bits per heavy atom. The second-order valence-corrected chi connectivity index (χ2v) is 6.25. The van der Waals surface area contributed by atoms with E-state index < -0.39 is 0 Å². The minimum absolute atomic E-state index is 0.0415. The minimum Gasteiger partial charge on any atom is -0.458 e. The first-order valence-electron chi connectivity index (χ1n) is 6.02. The van der Waals surface area contributed by atoms with Crippen LogP contribution in [-0.2, 0) is 4.74 Å². The molecular weight excluding hydrogens is 314 g/mol. The van der Waals surface area contributed by atoms with Crippen molar-refractivity contribution in [2.75, 3.05) is 0 Å². The molecule has 1 heterocycles. The van der Waals surface area contributed by atoms with Crippen LogP contribution in [-0.4, -0.2) is 10.4 Å². The Kier molecular flexibility index (Phi) is 3.93. The fourth-order valence-electron chi connectivity index (χ4n) is 1.90. The smallest absolute Gasteiger partial charge is 0.199 e. The molecule has 2 rings (SSSR count). The van der Waals surface area contributed by atoms with E-state index in [-0.39, 0.29) is 11.8 Å². The lowest BCUT2D eigenvalue weighted by molar-refractivity contribution is -0.00389. The van der Waals surface area contributed by atoms with E-state index in [2.05, 4.69) is 41.6 Å². The molecule has 1 unspecified atom stereocenters. The molecule has 0 saturated heterocycles. The first-order valence-corrected chi connectivity index (χ1v) is 7.19. The molecule has 4 heteroatoms. The molecule has 2 nitrogen and oxygen atoms in total. The van der Waals surface area contributed by atoms with E-state index in [0.29, 0.717) is 0 Å². The summed E-state index contributed by atoms with van der Waals surface area (Å²) in [5.41, 5.74) is 1.14. The molecular formula is C14H17BrClNO. The van der Waals surface area contributed by atoms with Crippen molar-refractivity contribution in [3.63, 3.8) is 0 Å². The van der Waals surface area contributed by atoms with Crippen LogP contribution in [0.4, 0.5) is 0 Å². The van der Waals surface area contributed by atoms with Crippen LogP contribution in [0.3, 0.4) is 0 Å². The summed E-state index contributed by atoms with van der Waals surface area (Å²) in [4.78, 5) is 2.24. The van der Waals surface area contributed by atoms with E-state index in [0.717, 1.165) is 21.7 Å². The molecule has 0 spiro atoms. The summed E-state index contributed by atoms with van der Waals surface area (Å²) in [5.74, 6) is 0. The predicted octanol–water partition coefficient (Wildman–Crippen LogP) is 5.05. The van der Waals surface area contributed by atoms with Gasteiger partial charge in [0.15, 0.2) is 10.9 Å². The van der Waals surface area contributed by atoms with Crippen molar-refractivity contribution >= 4 is 27.5 Å². The van der Waals surface area contributed by atoms with E-state index in [9.17, 15) is 0 Å². The molecule has 0 amide bonds. The number of benzene rings is 1.